The average molecular weight is 213 g/mol. The number of carboxylic acids is 1. The maximum Gasteiger partial charge on any atom is 0.317 e. The molecular weight excluding hydrogens is 202 g/mol. The van der Waals surface area contributed by atoms with Crippen molar-refractivity contribution in [2.45, 2.75) is 24.4 Å². The summed E-state index contributed by atoms with van der Waals surface area (Å²) in [7, 11) is 1.42. The van der Waals surface area contributed by atoms with Gasteiger partial charge >= 0.3 is 5.97 Å². The maximum atomic E-state index is 11.1. The van der Waals surface area contributed by atoms with Gasteiger partial charge < -0.3 is 19.5 Å². The zero-order valence-electron chi connectivity index (χ0n) is 8.14. The van der Waals surface area contributed by atoms with Gasteiger partial charge in [0, 0.05) is 6.07 Å². The minimum absolute atomic E-state index is 0.153. The summed E-state index contributed by atoms with van der Waals surface area (Å²) in [5, 5.41) is 21.8. The molecule has 1 aromatic heterocycles. The zero-order chi connectivity index (χ0) is 11.1. The molecule has 1 aromatic rings. The van der Waals surface area contributed by atoms with E-state index in [0.29, 0.717) is 0 Å². The Bertz CT molecular complexity index is 380. The first-order chi connectivity index (χ1) is 7.08. The maximum absolute atomic E-state index is 11.1. The van der Waals surface area contributed by atoms with E-state index in [1.54, 1.807) is 0 Å². The molecule has 0 amide bonds. The fraction of sp³-hybridized carbons (Fsp3) is 0.556. The van der Waals surface area contributed by atoms with Crippen molar-refractivity contribution in [2.75, 3.05) is 7.11 Å². The molecule has 6 heteroatoms. The quantitative estimate of drug-likeness (QED) is 0.742. The molecule has 2 N–H and O–H groups in total. The molecule has 1 aliphatic carbocycles. The fourth-order valence-electron chi connectivity index (χ4n) is 1.81. The summed E-state index contributed by atoms with van der Waals surface area (Å²) in [4.78, 5) is 11.1. The number of aromatic nitrogens is 1. The molecule has 0 unspecified atom stereocenters. The Hall–Kier alpha value is -1.56. The molecule has 0 atom stereocenters. The number of aliphatic hydroxyl groups excluding tert-OH is 1. The Morgan fingerprint density at radius 2 is 2.40 bits per heavy atom. The van der Waals surface area contributed by atoms with Gasteiger partial charge in [-0.25, -0.2) is 0 Å². The van der Waals surface area contributed by atoms with E-state index in [9.17, 15) is 9.90 Å². The summed E-state index contributed by atoms with van der Waals surface area (Å²) in [5.74, 6) is -0.532. The second kappa shape index (κ2) is 3.23. The van der Waals surface area contributed by atoms with Crippen LogP contribution >= 0.6 is 0 Å². The highest BCUT2D eigenvalue weighted by atomic mass is 16.5. The Morgan fingerprint density at radius 3 is 2.80 bits per heavy atom. The van der Waals surface area contributed by atoms with Crippen LogP contribution in [-0.2, 0) is 10.2 Å². The minimum atomic E-state index is -1.14. The van der Waals surface area contributed by atoms with Crippen LogP contribution in [0.5, 0.6) is 5.88 Å². The third-order valence-corrected chi connectivity index (χ3v) is 2.75. The molecule has 0 bridgehead atoms. The third kappa shape index (κ3) is 1.37. The van der Waals surface area contributed by atoms with Gasteiger partial charge in [0.1, 0.15) is 5.41 Å². The van der Waals surface area contributed by atoms with E-state index < -0.39 is 17.5 Å². The number of carbonyl (C=O) groups is 1. The second-order valence-electron chi connectivity index (χ2n) is 3.68. The Kier molecular flexibility index (Phi) is 2.15. The Balaban J connectivity index is 2.30. The predicted octanol–water partition coefficient (Wildman–Crippen LogP) is 0.160. The Labute approximate surface area is 85.4 Å². The summed E-state index contributed by atoms with van der Waals surface area (Å²) in [6.45, 7) is 0. The summed E-state index contributed by atoms with van der Waals surface area (Å²) >= 11 is 0. The SMILES string of the molecule is COc1cc(C2(C(=O)O)CC(O)C2)on1. The van der Waals surface area contributed by atoms with Crippen LogP contribution in [0.3, 0.4) is 0 Å². The van der Waals surface area contributed by atoms with Gasteiger partial charge in [0.05, 0.1) is 13.2 Å². The largest absolute Gasteiger partial charge is 0.480 e. The summed E-state index contributed by atoms with van der Waals surface area (Å²) < 4.78 is 9.71. The number of nitrogens with zero attached hydrogens (tertiary/aromatic N) is 1. The van der Waals surface area contributed by atoms with E-state index >= 15 is 0 Å². The van der Waals surface area contributed by atoms with Gasteiger partial charge in [-0.1, -0.05) is 0 Å². The predicted molar refractivity (Wildman–Crippen MR) is 47.6 cm³/mol. The topological polar surface area (TPSA) is 92.8 Å². The number of rotatable bonds is 3. The van der Waals surface area contributed by atoms with Crippen LogP contribution < -0.4 is 4.74 Å². The number of hydrogen-bond donors (Lipinski definition) is 2. The Morgan fingerprint density at radius 1 is 1.73 bits per heavy atom. The summed E-state index contributed by atoms with van der Waals surface area (Å²) in [6, 6.07) is 1.44. The molecule has 6 nitrogen and oxygen atoms in total. The van der Waals surface area contributed by atoms with Crippen molar-refractivity contribution < 1.29 is 24.3 Å². The van der Waals surface area contributed by atoms with Crippen molar-refractivity contribution in [3.05, 3.63) is 11.8 Å². The number of methoxy groups -OCH3 is 1. The smallest absolute Gasteiger partial charge is 0.317 e. The molecule has 0 saturated heterocycles. The molecule has 1 saturated carbocycles. The van der Waals surface area contributed by atoms with E-state index in [4.69, 9.17) is 14.4 Å². The lowest BCUT2D eigenvalue weighted by Gasteiger charge is -2.39. The molecule has 0 radical (unpaired) electrons. The second-order valence-corrected chi connectivity index (χ2v) is 3.68. The molecule has 82 valence electrons. The fourth-order valence-corrected chi connectivity index (χ4v) is 1.81. The molecular formula is C9H11NO5. The highest BCUT2D eigenvalue weighted by Crippen LogP contribution is 2.44. The standard InChI is InChI=1S/C9H11NO5/c1-14-7-2-6(15-10-7)9(8(12)13)3-5(11)4-9/h2,5,11H,3-4H2,1H3,(H,12,13). The van der Waals surface area contributed by atoms with Crippen molar-refractivity contribution in [3.63, 3.8) is 0 Å². The number of ether oxygens (including phenoxy) is 1. The molecule has 1 fully saturated rings. The lowest BCUT2D eigenvalue weighted by molar-refractivity contribution is -0.154. The van der Waals surface area contributed by atoms with Crippen LogP contribution in [-0.4, -0.2) is 34.6 Å². The molecule has 15 heavy (non-hydrogen) atoms. The first-order valence-corrected chi connectivity index (χ1v) is 4.51. The molecule has 0 spiro atoms. The molecule has 1 aliphatic rings. The van der Waals surface area contributed by atoms with Gasteiger partial charge in [0.2, 0.25) is 0 Å². The van der Waals surface area contributed by atoms with Crippen LogP contribution in [0, 0.1) is 0 Å². The number of carboxylic acid groups (broad SMARTS) is 1. The highest BCUT2D eigenvalue weighted by molar-refractivity contribution is 5.82. The number of aliphatic hydroxyl groups is 1. The highest BCUT2D eigenvalue weighted by Gasteiger charge is 2.54. The molecule has 2 rings (SSSR count). The van der Waals surface area contributed by atoms with Gasteiger partial charge in [0.25, 0.3) is 5.88 Å². The first-order valence-electron chi connectivity index (χ1n) is 4.51. The lowest BCUT2D eigenvalue weighted by Crippen LogP contribution is -2.50. The van der Waals surface area contributed by atoms with Gasteiger partial charge in [0.15, 0.2) is 5.76 Å². The minimum Gasteiger partial charge on any atom is -0.480 e. The van der Waals surface area contributed by atoms with Crippen LogP contribution in [0.4, 0.5) is 0 Å². The average Bonchev–Trinajstić information content (AvgIpc) is 2.60. The third-order valence-electron chi connectivity index (χ3n) is 2.75. The molecule has 0 aromatic carbocycles. The van der Waals surface area contributed by atoms with Crippen LogP contribution in [0.15, 0.2) is 10.6 Å². The normalized spacial score (nSPS) is 29.6. The van der Waals surface area contributed by atoms with Gasteiger partial charge in [-0.2, -0.15) is 0 Å². The van der Waals surface area contributed by atoms with Gasteiger partial charge in [-0.3, -0.25) is 4.79 Å². The van der Waals surface area contributed by atoms with E-state index in [-0.39, 0.29) is 24.5 Å². The van der Waals surface area contributed by atoms with Crippen molar-refractivity contribution in [1.29, 1.82) is 0 Å². The molecule has 0 aliphatic heterocycles. The number of hydrogen-bond acceptors (Lipinski definition) is 5. The van der Waals surface area contributed by atoms with E-state index in [2.05, 4.69) is 5.16 Å². The summed E-state index contributed by atoms with van der Waals surface area (Å²) in [5.41, 5.74) is -1.14. The lowest BCUT2D eigenvalue weighted by atomic mass is 9.65. The number of aliphatic carboxylic acids is 1. The van der Waals surface area contributed by atoms with Crippen LogP contribution in [0.25, 0.3) is 0 Å². The zero-order valence-corrected chi connectivity index (χ0v) is 8.14. The van der Waals surface area contributed by atoms with Crippen molar-refractivity contribution in [1.82, 2.24) is 5.16 Å². The van der Waals surface area contributed by atoms with Gasteiger partial charge in [-0.15, -0.1) is 0 Å². The van der Waals surface area contributed by atoms with Crippen molar-refractivity contribution in [2.24, 2.45) is 0 Å². The summed E-state index contributed by atoms with van der Waals surface area (Å²) in [6.07, 6.45) is -0.279. The van der Waals surface area contributed by atoms with E-state index in [0.717, 1.165) is 0 Å². The van der Waals surface area contributed by atoms with Crippen LogP contribution in [0.2, 0.25) is 0 Å². The monoisotopic (exact) mass is 213 g/mol. The van der Waals surface area contributed by atoms with E-state index in [1.807, 2.05) is 0 Å². The van der Waals surface area contributed by atoms with Gasteiger partial charge in [-0.05, 0) is 18.0 Å². The van der Waals surface area contributed by atoms with Crippen molar-refractivity contribution >= 4 is 5.97 Å². The van der Waals surface area contributed by atoms with E-state index in [1.165, 1.54) is 13.2 Å². The van der Waals surface area contributed by atoms with Crippen molar-refractivity contribution in [3.8, 4) is 5.88 Å². The molecule has 1 heterocycles. The van der Waals surface area contributed by atoms with Crippen LogP contribution in [0.1, 0.15) is 18.6 Å². The first kappa shape index (κ1) is 9.97.